The number of hydrazone groups is 1. The average Bonchev–Trinajstić information content (AvgIpc) is 3.48. The Morgan fingerprint density at radius 2 is 1.77 bits per heavy atom. The average molecular weight is 549 g/mol. The van der Waals surface area contributed by atoms with Crippen molar-refractivity contribution in [1.82, 2.24) is 9.91 Å². The van der Waals surface area contributed by atoms with E-state index in [9.17, 15) is 14.7 Å². The standard InChI is InChI=1S/C31H40N4O5/c1-39-28-12-8-23(20-29(28)40-26-4-2-3-5-26)27-11-13-31(38)35(33-27)21-22-6-9-24(10-7-22)32-30(37)16-19-34-17-14-25(36)15-18-34/h6-10,12,20,25-26,36H,2-5,11,13-19,21H2,1H3,(H,32,37). The van der Waals surface area contributed by atoms with Crippen LogP contribution < -0.4 is 14.8 Å². The highest BCUT2D eigenvalue weighted by Crippen LogP contribution is 2.33. The van der Waals surface area contributed by atoms with Crippen molar-refractivity contribution < 1.29 is 24.2 Å². The first kappa shape index (κ1) is 28.1. The number of piperidine rings is 1. The van der Waals surface area contributed by atoms with Crippen LogP contribution in [-0.4, -0.2) is 71.5 Å². The largest absolute Gasteiger partial charge is 0.493 e. The maximum absolute atomic E-state index is 12.7. The number of hydrogen-bond acceptors (Lipinski definition) is 7. The van der Waals surface area contributed by atoms with Gasteiger partial charge in [-0.2, -0.15) is 5.10 Å². The van der Waals surface area contributed by atoms with Crippen LogP contribution in [0.5, 0.6) is 11.5 Å². The number of likely N-dealkylation sites (tertiary alicyclic amines) is 1. The fourth-order valence-corrected chi connectivity index (χ4v) is 5.56. The van der Waals surface area contributed by atoms with Gasteiger partial charge < -0.3 is 24.8 Å². The van der Waals surface area contributed by atoms with Crippen molar-refractivity contribution in [2.24, 2.45) is 5.10 Å². The molecule has 0 spiro atoms. The maximum atomic E-state index is 12.7. The van der Waals surface area contributed by atoms with E-state index in [0.29, 0.717) is 38.1 Å². The van der Waals surface area contributed by atoms with Gasteiger partial charge in [0.1, 0.15) is 0 Å². The van der Waals surface area contributed by atoms with Crippen LogP contribution in [-0.2, 0) is 16.1 Å². The number of ether oxygens (including phenoxy) is 2. The van der Waals surface area contributed by atoms with E-state index < -0.39 is 0 Å². The van der Waals surface area contributed by atoms with Crippen molar-refractivity contribution in [3.8, 4) is 11.5 Å². The SMILES string of the molecule is COc1ccc(C2=NN(Cc3ccc(NC(=O)CCN4CCC(O)CC4)cc3)C(=O)CC2)cc1OC1CCCC1. The number of amides is 2. The normalized spacial score (nSPS) is 19.0. The number of nitrogens with zero attached hydrogens (tertiary/aromatic N) is 3. The summed E-state index contributed by atoms with van der Waals surface area (Å²) in [6, 6.07) is 13.4. The van der Waals surface area contributed by atoms with Crippen LogP contribution in [0.25, 0.3) is 0 Å². The number of carbonyl (C=O) groups excluding carboxylic acids is 2. The van der Waals surface area contributed by atoms with Crippen molar-refractivity contribution in [2.75, 3.05) is 32.1 Å². The molecule has 0 atom stereocenters. The Labute approximate surface area is 236 Å². The molecule has 2 aromatic rings. The molecule has 2 heterocycles. The third kappa shape index (κ3) is 7.40. The molecule has 0 unspecified atom stereocenters. The lowest BCUT2D eigenvalue weighted by atomic mass is 10.0. The third-order valence-electron chi connectivity index (χ3n) is 7.98. The van der Waals surface area contributed by atoms with Crippen LogP contribution in [0.2, 0.25) is 0 Å². The lowest BCUT2D eigenvalue weighted by Crippen LogP contribution is -2.37. The summed E-state index contributed by atoms with van der Waals surface area (Å²) in [6.45, 7) is 2.71. The molecule has 5 rings (SSSR count). The smallest absolute Gasteiger partial charge is 0.243 e. The molecule has 0 aromatic heterocycles. The molecule has 40 heavy (non-hydrogen) atoms. The molecule has 2 N–H and O–H groups in total. The van der Waals surface area contributed by atoms with Gasteiger partial charge in [-0.3, -0.25) is 9.59 Å². The van der Waals surface area contributed by atoms with E-state index in [0.717, 1.165) is 67.0 Å². The van der Waals surface area contributed by atoms with Gasteiger partial charge in [-0.25, -0.2) is 5.01 Å². The van der Waals surface area contributed by atoms with Crippen LogP contribution >= 0.6 is 0 Å². The van der Waals surface area contributed by atoms with Crippen molar-refractivity contribution in [3.05, 3.63) is 53.6 Å². The summed E-state index contributed by atoms with van der Waals surface area (Å²) in [5, 5.41) is 18.8. The Morgan fingerprint density at radius 1 is 1.02 bits per heavy atom. The molecule has 2 aliphatic heterocycles. The molecule has 9 heteroatoms. The Bertz CT molecular complexity index is 1200. The zero-order chi connectivity index (χ0) is 27.9. The number of hydrogen-bond donors (Lipinski definition) is 2. The van der Waals surface area contributed by atoms with Crippen molar-refractivity contribution in [1.29, 1.82) is 0 Å². The molecule has 2 amide bonds. The molecular weight excluding hydrogens is 508 g/mol. The minimum Gasteiger partial charge on any atom is -0.493 e. The van der Waals surface area contributed by atoms with Crippen LogP contribution in [0.3, 0.4) is 0 Å². The monoisotopic (exact) mass is 548 g/mol. The Morgan fingerprint density at radius 3 is 2.50 bits per heavy atom. The van der Waals surface area contributed by atoms with Crippen LogP contribution in [0.4, 0.5) is 5.69 Å². The summed E-state index contributed by atoms with van der Waals surface area (Å²) in [6.07, 6.45) is 7.42. The van der Waals surface area contributed by atoms with Crippen molar-refractivity contribution in [2.45, 2.75) is 76.5 Å². The zero-order valence-corrected chi connectivity index (χ0v) is 23.3. The van der Waals surface area contributed by atoms with Crippen molar-refractivity contribution >= 4 is 23.2 Å². The molecule has 0 bridgehead atoms. The first-order chi connectivity index (χ1) is 19.5. The number of aliphatic hydroxyl groups is 1. The van der Waals surface area contributed by atoms with E-state index in [2.05, 4.69) is 10.2 Å². The highest BCUT2D eigenvalue weighted by molar-refractivity contribution is 6.04. The summed E-state index contributed by atoms with van der Waals surface area (Å²) in [4.78, 5) is 27.3. The van der Waals surface area contributed by atoms with Gasteiger partial charge in [0.15, 0.2) is 11.5 Å². The highest BCUT2D eigenvalue weighted by Gasteiger charge is 2.24. The molecule has 2 aromatic carbocycles. The summed E-state index contributed by atoms with van der Waals surface area (Å²) in [7, 11) is 1.65. The summed E-state index contributed by atoms with van der Waals surface area (Å²) < 4.78 is 11.8. The lowest BCUT2D eigenvalue weighted by Gasteiger charge is -2.29. The number of rotatable bonds is 10. The Hall–Kier alpha value is -3.43. The molecule has 3 aliphatic rings. The first-order valence-corrected chi connectivity index (χ1v) is 14.5. The third-order valence-corrected chi connectivity index (χ3v) is 7.98. The van der Waals surface area contributed by atoms with Gasteiger partial charge in [-0.15, -0.1) is 0 Å². The van der Waals surface area contributed by atoms with E-state index in [1.54, 1.807) is 7.11 Å². The van der Waals surface area contributed by atoms with Crippen LogP contribution in [0.1, 0.15) is 68.9 Å². The molecule has 0 radical (unpaired) electrons. The van der Waals surface area contributed by atoms with Crippen LogP contribution in [0.15, 0.2) is 47.6 Å². The Kier molecular flexibility index (Phi) is 9.34. The number of methoxy groups -OCH3 is 1. The molecule has 214 valence electrons. The van der Waals surface area contributed by atoms with E-state index in [-0.39, 0.29) is 24.0 Å². The maximum Gasteiger partial charge on any atom is 0.243 e. The first-order valence-electron chi connectivity index (χ1n) is 14.5. The second kappa shape index (κ2) is 13.3. The molecule has 1 saturated heterocycles. The van der Waals surface area contributed by atoms with Crippen LogP contribution in [0, 0.1) is 0 Å². The van der Waals surface area contributed by atoms with E-state index >= 15 is 0 Å². The fourth-order valence-electron chi connectivity index (χ4n) is 5.56. The molecular formula is C31H40N4O5. The van der Waals surface area contributed by atoms with Gasteiger partial charge in [0.25, 0.3) is 0 Å². The van der Waals surface area contributed by atoms with Gasteiger partial charge >= 0.3 is 0 Å². The predicted octanol–water partition coefficient (Wildman–Crippen LogP) is 4.33. The van der Waals surface area contributed by atoms with Gasteiger partial charge in [0.2, 0.25) is 11.8 Å². The molecule has 2 fully saturated rings. The topological polar surface area (TPSA) is 104 Å². The van der Waals surface area contributed by atoms with Gasteiger partial charge in [-0.05, 0) is 74.4 Å². The minimum atomic E-state index is -0.211. The highest BCUT2D eigenvalue weighted by atomic mass is 16.5. The van der Waals surface area contributed by atoms with Gasteiger partial charge in [0, 0.05) is 50.1 Å². The zero-order valence-electron chi connectivity index (χ0n) is 23.3. The number of nitrogens with one attached hydrogen (secondary N) is 1. The molecule has 1 saturated carbocycles. The number of benzene rings is 2. The Balaban J connectivity index is 1.18. The van der Waals surface area contributed by atoms with Gasteiger partial charge in [0.05, 0.1) is 31.6 Å². The van der Waals surface area contributed by atoms with E-state index in [4.69, 9.17) is 14.6 Å². The lowest BCUT2D eigenvalue weighted by molar-refractivity contribution is -0.132. The second-order valence-electron chi connectivity index (χ2n) is 11.0. The number of aliphatic hydroxyl groups excluding tert-OH is 1. The molecule has 1 aliphatic carbocycles. The summed E-state index contributed by atoms with van der Waals surface area (Å²) >= 11 is 0. The number of carbonyl (C=O) groups is 2. The number of anilines is 1. The van der Waals surface area contributed by atoms with Crippen molar-refractivity contribution in [3.63, 3.8) is 0 Å². The summed E-state index contributed by atoms with van der Waals surface area (Å²) in [5.41, 5.74) is 3.45. The quantitative estimate of drug-likeness (QED) is 0.458. The van der Waals surface area contributed by atoms with Gasteiger partial charge in [-0.1, -0.05) is 12.1 Å². The fraction of sp³-hybridized carbons (Fsp3) is 0.516. The summed E-state index contributed by atoms with van der Waals surface area (Å²) in [5.74, 6) is 1.39. The molecule has 9 nitrogen and oxygen atoms in total. The predicted molar refractivity (Wildman–Crippen MR) is 154 cm³/mol. The minimum absolute atomic E-state index is 0.0118. The second-order valence-corrected chi connectivity index (χ2v) is 11.0. The van der Waals surface area contributed by atoms with E-state index in [1.807, 2.05) is 42.5 Å². The van der Waals surface area contributed by atoms with E-state index in [1.165, 1.54) is 17.9 Å².